The van der Waals surface area contributed by atoms with Crippen molar-refractivity contribution in [2.75, 3.05) is 5.75 Å². The van der Waals surface area contributed by atoms with Gasteiger partial charge in [-0.05, 0) is 60.9 Å². The quantitative estimate of drug-likeness (QED) is 0.196. The number of hydrazone groups is 1. The molecule has 1 amide bonds. The minimum absolute atomic E-state index is 0.150. The highest BCUT2D eigenvalue weighted by Gasteiger charge is 2.17. The minimum atomic E-state index is -0.224. The van der Waals surface area contributed by atoms with Crippen molar-refractivity contribution in [3.63, 3.8) is 0 Å². The van der Waals surface area contributed by atoms with Crippen LogP contribution >= 0.6 is 23.4 Å². The molecule has 0 aliphatic heterocycles. The normalized spacial score (nSPS) is 11.1. The summed E-state index contributed by atoms with van der Waals surface area (Å²) in [6.45, 7) is 4.15. The summed E-state index contributed by atoms with van der Waals surface area (Å²) in [5.74, 6) is 0.603. The molecule has 4 rings (SSSR count). The Morgan fingerprint density at radius 3 is 2.41 bits per heavy atom. The van der Waals surface area contributed by atoms with Crippen molar-refractivity contribution < 1.29 is 4.79 Å². The first-order valence-electron chi connectivity index (χ1n) is 10.9. The number of aryl methyl sites for hydroxylation is 2. The van der Waals surface area contributed by atoms with Crippen LogP contribution in [0.25, 0.3) is 17.1 Å². The van der Waals surface area contributed by atoms with Gasteiger partial charge < -0.3 is 0 Å². The predicted octanol–water partition coefficient (Wildman–Crippen LogP) is 5.70. The average Bonchev–Trinajstić information content (AvgIpc) is 3.28. The van der Waals surface area contributed by atoms with Crippen molar-refractivity contribution in [2.24, 2.45) is 5.10 Å². The van der Waals surface area contributed by atoms with Gasteiger partial charge in [-0.1, -0.05) is 72.2 Å². The zero-order valence-electron chi connectivity index (χ0n) is 18.9. The molecule has 1 N–H and O–H groups in total. The summed E-state index contributed by atoms with van der Waals surface area (Å²) in [7, 11) is 0. The van der Waals surface area contributed by atoms with E-state index in [4.69, 9.17) is 11.6 Å². The average molecular weight is 490 g/mol. The lowest BCUT2D eigenvalue weighted by Crippen LogP contribution is -2.20. The summed E-state index contributed by atoms with van der Waals surface area (Å²) < 4.78 is 1.94. The number of carbonyl (C=O) groups is 1. The number of amides is 1. The van der Waals surface area contributed by atoms with Crippen molar-refractivity contribution in [1.29, 1.82) is 0 Å². The molecule has 8 heteroatoms. The minimum Gasteiger partial charge on any atom is -0.272 e. The van der Waals surface area contributed by atoms with Gasteiger partial charge in [0.2, 0.25) is 0 Å². The molecule has 3 aromatic carbocycles. The molecule has 34 heavy (non-hydrogen) atoms. The molecule has 172 valence electrons. The lowest BCUT2D eigenvalue weighted by atomic mass is 10.1. The summed E-state index contributed by atoms with van der Waals surface area (Å²) in [5, 5.41) is 14.1. The van der Waals surface area contributed by atoms with Gasteiger partial charge in [-0.3, -0.25) is 9.36 Å². The zero-order valence-corrected chi connectivity index (χ0v) is 20.5. The Labute approximate surface area is 208 Å². The van der Waals surface area contributed by atoms with Gasteiger partial charge >= 0.3 is 0 Å². The maximum Gasteiger partial charge on any atom is 0.250 e. The van der Waals surface area contributed by atoms with Crippen LogP contribution < -0.4 is 5.43 Å². The van der Waals surface area contributed by atoms with Crippen molar-refractivity contribution in [1.82, 2.24) is 20.2 Å². The first-order valence-corrected chi connectivity index (χ1v) is 12.2. The van der Waals surface area contributed by atoms with Crippen LogP contribution in [0.3, 0.4) is 0 Å². The molecule has 0 aliphatic rings. The molecule has 0 saturated heterocycles. The fraction of sp³-hybridized carbons (Fsp3) is 0.154. The molecule has 1 heterocycles. The van der Waals surface area contributed by atoms with Crippen LogP contribution in [0.2, 0.25) is 5.02 Å². The highest BCUT2D eigenvalue weighted by Crippen LogP contribution is 2.28. The lowest BCUT2D eigenvalue weighted by molar-refractivity contribution is -0.118. The van der Waals surface area contributed by atoms with Gasteiger partial charge in [0.15, 0.2) is 11.0 Å². The Kier molecular flexibility index (Phi) is 7.77. The molecule has 6 nitrogen and oxygen atoms in total. The molecular weight excluding hydrogens is 466 g/mol. The summed E-state index contributed by atoms with van der Waals surface area (Å²) in [6.07, 6.45) is 2.62. The molecule has 4 aromatic rings. The van der Waals surface area contributed by atoms with Crippen molar-refractivity contribution in [2.45, 2.75) is 25.4 Å². The van der Waals surface area contributed by atoms with Gasteiger partial charge in [-0.2, -0.15) is 5.10 Å². The number of benzene rings is 3. The SMILES string of the molecule is CCc1ccc(/C=N\NC(=O)CSc2nnc(-c3ccc(Cl)cc3)n2-c2ccc(C)cc2)cc1. The Hall–Kier alpha value is -3.42. The van der Waals surface area contributed by atoms with E-state index in [0.717, 1.165) is 28.8 Å². The van der Waals surface area contributed by atoms with E-state index in [2.05, 4.69) is 39.8 Å². The third-order valence-corrected chi connectivity index (χ3v) is 6.33. The van der Waals surface area contributed by atoms with E-state index in [1.807, 2.05) is 72.2 Å². The van der Waals surface area contributed by atoms with E-state index in [-0.39, 0.29) is 11.7 Å². The van der Waals surface area contributed by atoms with Crippen LogP contribution in [-0.4, -0.2) is 32.6 Å². The van der Waals surface area contributed by atoms with E-state index in [9.17, 15) is 4.79 Å². The third kappa shape index (κ3) is 5.92. The summed E-state index contributed by atoms with van der Waals surface area (Å²) in [4.78, 5) is 12.4. The second kappa shape index (κ2) is 11.1. The molecule has 0 radical (unpaired) electrons. The molecule has 0 fully saturated rings. The van der Waals surface area contributed by atoms with E-state index in [0.29, 0.717) is 16.0 Å². The summed E-state index contributed by atoms with van der Waals surface area (Å²) >= 11 is 7.36. The van der Waals surface area contributed by atoms with E-state index >= 15 is 0 Å². The molecule has 0 saturated carbocycles. The fourth-order valence-electron chi connectivity index (χ4n) is 3.26. The molecule has 0 atom stereocenters. The Morgan fingerprint density at radius 1 is 1.03 bits per heavy atom. The van der Waals surface area contributed by atoms with Crippen LogP contribution in [-0.2, 0) is 11.2 Å². The van der Waals surface area contributed by atoms with Crippen molar-refractivity contribution in [3.05, 3.63) is 94.5 Å². The number of hydrogen-bond donors (Lipinski definition) is 1. The molecular formula is C26H24ClN5OS. The number of rotatable bonds is 8. The van der Waals surface area contributed by atoms with Crippen LogP contribution in [0.15, 0.2) is 83.1 Å². The monoisotopic (exact) mass is 489 g/mol. The van der Waals surface area contributed by atoms with Crippen LogP contribution in [0, 0.1) is 6.92 Å². The van der Waals surface area contributed by atoms with E-state index < -0.39 is 0 Å². The zero-order chi connectivity index (χ0) is 23.9. The third-order valence-electron chi connectivity index (χ3n) is 5.15. The maximum atomic E-state index is 12.4. The maximum absolute atomic E-state index is 12.4. The Morgan fingerprint density at radius 2 is 1.74 bits per heavy atom. The Balaban J connectivity index is 1.48. The molecule has 0 unspecified atom stereocenters. The van der Waals surface area contributed by atoms with Crippen molar-refractivity contribution >= 4 is 35.5 Å². The van der Waals surface area contributed by atoms with Gasteiger partial charge in [-0.25, -0.2) is 5.43 Å². The number of thioether (sulfide) groups is 1. The second-order valence-electron chi connectivity index (χ2n) is 7.66. The standard InChI is InChI=1S/C26H24ClN5OS/c1-3-19-6-8-20(9-7-19)16-28-29-24(33)17-34-26-31-30-25(21-10-12-22(27)13-11-21)32(26)23-14-4-18(2)5-15-23/h4-16H,3,17H2,1-2H3,(H,29,33)/b28-16-. The van der Waals surface area contributed by atoms with Gasteiger partial charge in [0, 0.05) is 16.3 Å². The van der Waals surface area contributed by atoms with Gasteiger partial charge in [0.1, 0.15) is 0 Å². The van der Waals surface area contributed by atoms with Gasteiger partial charge in [0.25, 0.3) is 5.91 Å². The fourth-order valence-corrected chi connectivity index (χ4v) is 4.13. The topological polar surface area (TPSA) is 72.2 Å². The lowest BCUT2D eigenvalue weighted by Gasteiger charge is -2.10. The van der Waals surface area contributed by atoms with Crippen molar-refractivity contribution in [3.8, 4) is 17.1 Å². The molecule has 0 spiro atoms. The number of aromatic nitrogens is 3. The van der Waals surface area contributed by atoms with Gasteiger partial charge in [0.05, 0.1) is 12.0 Å². The van der Waals surface area contributed by atoms with E-state index in [1.54, 1.807) is 6.21 Å². The number of nitrogens with zero attached hydrogens (tertiary/aromatic N) is 4. The molecule has 0 aliphatic carbocycles. The largest absolute Gasteiger partial charge is 0.272 e. The van der Waals surface area contributed by atoms with E-state index in [1.165, 1.54) is 17.3 Å². The Bertz CT molecular complexity index is 1280. The molecule has 1 aromatic heterocycles. The highest BCUT2D eigenvalue weighted by molar-refractivity contribution is 7.99. The van der Waals surface area contributed by atoms with Crippen LogP contribution in [0.5, 0.6) is 0 Å². The van der Waals surface area contributed by atoms with Crippen LogP contribution in [0.1, 0.15) is 23.6 Å². The number of hydrogen-bond acceptors (Lipinski definition) is 5. The second-order valence-corrected chi connectivity index (χ2v) is 9.04. The van der Waals surface area contributed by atoms with Gasteiger partial charge in [-0.15, -0.1) is 10.2 Å². The summed E-state index contributed by atoms with van der Waals surface area (Å²) in [5.41, 5.74) is 7.71. The number of carbonyl (C=O) groups excluding carboxylic acids is 1. The van der Waals surface area contributed by atoms with Crippen LogP contribution in [0.4, 0.5) is 0 Å². The number of nitrogens with one attached hydrogen (secondary N) is 1. The predicted molar refractivity (Wildman–Crippen MR) is 139 cm³/mol. The highest BCUT2D eigenvalue weighted by atomic mass is 35.5. The number of halogens is 1. The first kappa shape index (κ1) is 23.7. The summed E-state index contributed by atoms with van der Waals surface area (Å²) in [6, 6.07) is 23.6. The molecule has 0 bridgehead atoms. The smallest absolute Gasteiger partial charge is 0.250 e. The first-order chi connectivity index (χ1) is 16.5.